The lowest BCUT2D eigenvalue weighted by molar-refractivity contribution is 0.0810. The van der Waals surface area contributed by atoms with Gasteiger partial charge in [0.2, 0.25) is 0 Å². The van der Waals surface area contributed by atoms with E-state index in [-0.39, 0.29) is 0 Å². The second kappa shape index (κ2) is 5.25. The van der Waals surface area contributed by atoms with Gasteiger partial charge in [-0.1, -0.05) is 31.4 Å². The van der Waals surface area contributed by atoms with Gasteiger partial charge in [0.15, 0.2) is 0 Å². The van der Waals surface area contributed by atoms with Crippen LogP contribution in [-0.4, -0.2) is 15.3 Å². The average Bonchev–Trinajstić information content (AvgIpc) is 2.81. The van der Waals surface area contributed by atoms with Crippen LogP contribution >= 0.6 is 0 Å². The number of aliphatic hydroxyl groups is 1. The Kier molecular flexibility index (Phi) is 3.59. The number of benzene rings is 1. The van der Waals surface area contributed by atoms with Crippen molar-refractivity contribution in [3.05, 3.63) is 36.0 Å². The van der Waals surface area contributed by atoms with E-state index in [1.54, 1.807) is 0 Å². The van der Waals surface area contributed by atoms with Gasteiger partial charge in [-0.3, -0.25) is 0 Å². The number of hydrogen-bond donors (Lipinski definition) is 1. The summed E-state index contributed by atoms with van der Waals surface area (Å²) in [5, 5.41) is 11.3. The monoisotopic (exact) mass is 271 g/mol. The van der Waals surface area contributed by atoms with E-state index in [2.05, 4.69) is 35.0 Å². The number of nitrogens with zero attached hydrogens (tertiary/aromatic N) is 1. The van der Waals surface area contributed by atoms with E-state index in [0.29, 0.717) is 12.5 Å². The minimum atomic E-state index is -0.643. The van der Waals surface area contributed by atoms with Crippen molar-refractivity contribution in [1.29, 1.82) is 0 Å². The summed E-state index contributed by atoms with van der Waals surface area (Å²) in [6, 6.07) is 9.49. The summed E-state index contributed by atoms with van der Waals surface area (Å²) >= 11 is 0. The molecule has 1 aromatic heterocycles. The number of fused-ring (bicyclic) bond motifs is 1. The second-order valence-electron chi connectivity index (χ2n) is 6.90. The molecule has 0 aliphatic heterocycles. The molecule has 1 aromatic carbocycles. The van der Waals surface area contributed by atoms with Gasteiger partial charge in [-0.15, -0.1) is 0 Å². The maximum atomic E-state index is 10.0. The first kappa shape index (κ1) is 13.7. The number of hydrogen-bond acceptors (Lipinski definition) is 1. The molecule has 1 fully saturated rings. The molecule has 1 heterocycles. The molecule has 0 unspecified atom stereocenters. The zero-order chi connectivity index (χ0) is 14.2. The zero-order valence-electron chi connectivity index (χ0n) is 12.6. The molecule has 0 amide bonds. The van der Waals surface area contributed by atoms with E-state index in [9.17, 15) is 5.11 Å². The van der Waals surface area contributed by atoms with Crippen LogP contribution < -0.4 is 0 Å². The maximum absolute atomic E-state index is 10.0. The number of rotatable bonds is 3. The van der Waals surface area contributed by atoms with Crippen LogP contribution in [-0.2, 0) is 6.42 Å². The third-order valence-electron chi connectivity index (χ3n) is 4.39. The summed E-state index contributed by atoms with van der Waals surface area (Å²) in [5.74, 6) is 0. The maximum Gasteiger partial charge on any atom is 0.0631 e. The van der Waals surface area contributed by atoms with Crippen LogP contribution in [0.1, 0.15) is 57.6 Å². The Labute approximate surface area is 121 Å². The van der Waals surface area contributed by atoms with Crippen molar-refractivity contribution in [3.63, 3.8) is 0 Å². The van der Waals surface area contributed by atoms with E-state index in [1.165, 1.54) is 48.6 Å². The highest BCUT2D eigenvalue weighted by atomic mass is 16.3. The molecule has 1 saturated carbocycles. The van der Waals surface area contributed by atoms with Crippen LogP contribution in [0.2, 0.25) is 0 Å². The van der Waals surface area contributed by atoms with Gasteiger partial charge < -0.3 is 9.67 Å². The Balaban J connectivity index is 1.94. The zero-order valence-corrected chi connectivity index (χ0v) is 12.6. The van der Waals surface area contributed by atoms with Gasteiger partial charge in [0, 0.05) is 24.2 Å². The molecule has 0 spiro atoms. The van der Waals surface area contributed by atoms with E-state index in [1.807, 2.05) is 13.8 Å². The molecule has 0 saturated heterocycles. The molecular weight excluding hydrogens is 246 g/mol. The molecule has 1 N–H and O–H groups in total. The van der Waals surface area contributed by atoms with Crippen molar-refractivity contribution in [2.45, 2.75) is 64.0 Å². The first-order chi connectivity index (χ1) is 9.53. The second-order valence-corrected chi connectivity index (χ2v) is 6.90. The smallest absolute Gasteiger partial charge is 0.0631 e. The Hall–Kier alpha value is -1.28. The molecule has 0 atom stereocenters. The van der Waals surface area contributed by atoms with Crippen molar-refractivity contribution < 1.29 is 5.11 Å². The predicted octanol–water partition coefficient (Wildman–Crippen LogP) is 4.46. The van der Waals surface area contributed by atoms with Crippen molar-refractivity contribution in [2.75, 3.05) is 0 Å². The van der Waals surface area contributed by atoms with Crippen molar-refractivity contribution in [2.24, 2.45) is 0 Å². The van der Waals surface area contributed by atoms with Crippen LogP contribution in [0.25, 0.3) is 10.9 Å². The SMILES string of the molecule is CC(C)(O)Cc1ccc2ccn(C3CCCCC3)c2c1. The van der Waals surface area contributed by atoms with Gasteiger partial charge in [-0.05, 0) is 49.8 Å². The summed E-state index contributed by atoms with van der Waals surface area (Å²) < 4.78 is 2.46. The van der Waals surface area contributed by atoms with Crippen molar-refractivity contribution in [3.8, 4) is 0 Å². The average molecular weight is 271 g/mol. The highest BCUT2D eigenvalue weighted by Gasteiger charge is 2.18. The van der Waals surface area contributed by atoms with Crippen LogP contribution in [0.4, 0.5) is 0 Å². The predicted molar refractivity (Wildman–Crippen MR) is 84.1 cm³/mol. The molecule has 20 heavy (non-hydrogen) atoms. The minimum absolute atomic E-state index is 0.643. The Bertz CT molecular complexity index is 585. The molecule has 1 aliphatic carbocycles. The van der Waals surface area contributed by atoms with Gasteiger partial charge in [0.05, 0.1) is 5.60 Å². The fourth-order valence-electron chi connectivity index (χ4n) is 3.48. The third-order valence-corrected chi connectivity index (χ3v) is 4.39. The van der Waals surface area contributed by atoms with Gasteiger partial charge in [-0.25, -0.2) is 0 Å². The van der Waals surface area contributed by atoms with Gasteiger partial charge in [0.25, 0.3) is 0 Å². The van der Waals surface area contributed by atoms with Crippen LogP contribution in [0.3, 0.4) is 0 Å². The summed E-state index contributed by atoms with van der Waals surface area (Å²) in [7, 11) is 0. The quantitative estimate of drug-likeness (QED) is 0.876. The molecule has 2 heteroatoms. The molecule has 2 aromatic rings. The summed E-state index contributed by atoms with van der Waals surface area (Å²) in [6.07, 6.45) is 9.66. The minimum Gasteiger partial charge on any atom is -0.390 e. The van der Waals surface area contributed by atoms with Gasteiger partial charge in [0.1, 0.15) is 0 Å². The normalized spacial score (nSPS) is 17.8. The van der Waals surface area contributed by atoms with Crippen LogP contribution in [0, 0.1) is 0 Å². The van der Waals surface area contributed by atoms with E-state index in [0.717, 1.165) is 0 Å². The highest BCUT2D eigenvalue weighted by molar-refractivity contribution is 5.81. The van der Waals surface area contributed by atoms with Gasteiger partial charge >= 0.3 is 0 Å². The van der Waals surface area contributed by atoms with E-state index < -0.39 is 5.60 Å². The Morgan fingerprint density at radius 2 is 1.90 bits per heavy atom. The lowest BCUT2D eigenvalue weighted by Gasteiger charge is -2.24. The topological polar surface area (TPSA) is 25.2 Å². The lowest BCUT2D eigenvalue weighted by atomic mass is 9.95. The van der Waals surface area contributed by atoms with Crippen molar-refractivity contribution >= 4 is 10.9 Å². The van der Waals surface area contributed by atoms with Crippen LogP contribution in [0.15, 0.2) is 30.5 Å². The third kappa shape index (κ3) is 2.90. The first-order valence-electron chi connectivity index (χ1n) is 7.85. The molecule has 2 nitrogen and oxygen atoms in total. The Morgan fingerprint density at radius 1 is 1.15 bits per heavy atom. The first-order valence-corrected chi connectivity index (χ1v) is 7.85. The number of aromatic nitrogens is 1. The molecule has 108 valence electrons. The standard InChI is InChI=1S/C18H25NO/c1-18(2,20)13-14-8-9-15-10-11-19(17(15)12-14)16-6-4-3-5-7-16/h8-12,16,20H,3-7,13H2,1-2H3. The van der Waals surface area contributed by atoms with Crippen LogP contribution in [0.5, 0.6) is 0 Å². The lowest BCUT2D eigenvalue weighted by Crippen LogP contribution is -2.21. The molecule has 1 aliphatic rings. The highest BCUT2D eigenvalue weighted by Crippen LogP contribution is 2.32. The summed E-state index contributed by atoms with van der Waals surface area (Å²) in [4.78, 5) is 0. The van der Waals surface area contributed by atoms with E-state index >= 15 is 0 Å². The fourth-order valence-corrected chi connectivity index (χ4v) is 3.48. The Morgan fingerprint density at radius 3 is 2.60 bits per heavy atom. The largest absolute Gasteiger partial charge is 0.390 e. The van der Waals surface area contributed by atoms with E-state index in [4.69, 9.17) is 0 Å². The molecule has 0 radical (unpaired) electrons. The van der Waals surface area contributed by atoms with Gasteiger partial charge in [-0.2, -0.15) is 0 Å². The molecule has 0 bridgehead atoms. The summed E-state index contributed by atoms with van der Waals surface area (Å²) in [5.41, 5.74) is 1.91. The molecule has 3 rings (SSSR count). The molecular formula is C18H25NO. The summed E-state index contributed by atoms with van der Waals surface area (Å²) in [6.45, 7) is 3.74. The fraction of sp³-hybridized carbons (Fsp3) is 0.556. The van der Waals surface area contributed by atoms with Crippen molar-refractivity contribution in [1.82, 2.24) is 4.57 Å².